The lowest BCUT2D eigenvalue weighted by Crippen LogP contribution is -2.24. The zero-order valence-corrected chi connectivity index (χ0v) is 13.0. The number of nitrogens with one attached hydrogen (secondary N) is 2. The fourth-order valence-corrected chi connectivity index (χ4v) is 2.83. The number of aromatic amines is 1. The van der Waals surface area contributed by atoms with Gasteiger partial charge in [0.25, 0.3) is 5.91 Å². The first-order chi connectivity index (χ1) is 10.6. The molecule has 0 aliphatic carbocycles. The van der Waals surface area contributed by atoms with E-state index in [4.69, 9.17) is 0 Å². The molecule has 116 valence electrons. The van der Waals surface area contributed by atoms with Crippen LogP contribution in [0.3, 0.4) is 0 Å². The largest absolute Gasteiger partial charge is 0.346 e. The van der Waals surface area contributed by atoms with Gasteiger partial charge in [-0.3, -0.25) is 9.78 Å². The zero-order valence-electron chi connectivity index (χ0n) is 13.0. The van der Waals surface area contributed by atoms with Gasteiger partial charge in [0.15, 0.2) is 0 Å². The Morgan fingerprint density at radius 2 is 2.36 bits per heavy atom. The number of rotatable bonds is 4. The van der Waals surface area contributed by atoms with Crippen molar-refractivity contribution in [1.29, 1.82) is 0 Å². The molecule has 6 heteroatoms. The lowest BCUT2D eigenvalue weighted by molar-refractivity contribution is 0.0949. The normalized spacial score (nSPS) is 18.5. The Hall–Kier alpha value is -2.21. The highest BCUT2D eigenvalue weighted by molar-refractivity contribution is 5.95. The first-order valence-corrected chi connectivity index (χ1v) is 7.55. The van der Waals surface area contributed by atoms with Crippen LogP contribution in [0.25, 0.3) is 0 Å². The average Bonchev–Trinajstić information content (AvgIpc) is 3.14. The lowest BCUT2D eigenvalue weighted by atomic mass is 10.1. The summed E-state index contributed by atoms with van der Waals surface area (Å²) in [5, 5.41) is 2.91. The van der Waals surface area contributed by atoms with Crippen LogP contribution in [0.5, 0.6) is 0 Å². The minimum absolute atomic E-state index is 0.109. The van der Waals surface area contributed by atoms with Gasteiger partial charge in [0.2, 0.25) is 0 Å². The van der Waals surface area contributed by atoms with Crippen LogP contribution in [0.4, 0.5) is 0 Å². The van der Waals surface area contributed by atoms with Gasteiger partial charge in [-0.1, -0.05) is 0 Å². The number of aromatic nitrogens is 3. The number of nitrogens with zero attached hydrogens (tertiary/aromatic N) is 3. The van der Waals surface area contributed by atoms with E-state index in [1.54, 1.807) is 18.3 Å². The topological polar surface area (TPSA) is 73.9 Å². The van der Waals surface area contributed by atoms with E-state index in [9.17, 15) is 4.79 Å². The monoisotopic (exact) mass is 299 g/mol. The highest BCUT2D eigenvalue weighted by Crippen LogP contribution is 2.23. The van der Waals surface area contributed by atoms with Crippen LogP contribution in [0.2, 0.25) is 0 Å². The molecule has 2 N–H and O–H groups in total. The molecule has 1 fully saturated rings. The number of hydrogen-bond acceptors (Lipinski definition) is 4. The molecular formula is C16H21N5O. The molecule has 1 aliphatic rings. The van der Waals surface area contributed by atoms with Gasteiger partial charge in [-0.25, -0.2) is 4.98 Å². The van der Waals surface area contributed by atoms with Crippen LogP contribution in [-0.4, -0.2) is 45.9 Å². The fraction of sp³-hybridized carbons (Fsp3) is 0.438. The molecule has 1 saturated heterocycles. The maximum absolute atomic E-state index is 12.2. The summed E-state index contributed by atoms with van der Waals surface area (Å²) in [6.45, 7) is 4.43. The number of pyridine rings is 1. The van der Waals surface area contributed by atoms with Crippen molar-refractivity contribution < 1.29 is 4.79 Å². The van der Waals surface area contributed by atoms with Crippen molar-refractivity contribution in [2.45, 2.75) is 25.8 Å². The number of hydrogen-bond donors (Lipinski definition) is 2. The third-order valence-corrected chi connectivity index (χ3v) is 4.12. The van der Waals surface area contributed by atoms with E-state index >= 15 is 0 Å². The van der Waals surface area contributed by atoms with Gasteiger partial charge in [-0.2, -0.15) is 0 Å². The van der Waals surface area contributed by atoms with Crippen molar-refractivity contribution in [2.75, 3.05) is 20.1 Å². The zero-order chi connectivity index (χ0) is 15.5. The van der Waals surface area contributed by atoms with Crippen molar-refractivity contribution >= 4 is 5.91 Å². The number of amides is 1. The molecule has 3 rings (SSSR count). The van der Waals surface area contributed by atoms with Gasteiger partial charge in [-0.15, -0.1) is 0 Å². The fourth-order valence-electron chi connectivity index (χ4n) is 2.83. The van der Waals surface area contributed by atoms with E-state index in [2.05, 4.69) is 32.2 Å². The standard InChI is InChI=1S/C16H21N5O/c1-11-14(4-3-6-17-11)16(22)19-9-13-8-18-15(20-13)12-5-7-21(2)10-12/h3-4,6,8,12H,5,7,9-10H2,1-2H3,(H,18,20)(H,19,22)/t12-/m1/s1. The third-order valence-electron chi connectivity index (χ3n) is 4.12. The van der Waals surface area contributed by atoms with Crippen LogP contribution in [-0.2, 0) is 6.54 Å². The van der Waals surface area contributed by atoms with Crippen molar-refractivity contribution in [3.05, 3.63) is 47.3 Å². The van der Waals surface area contributed by atoms with Gasteiger partial charge in [0, 0.05) is 24.4 Å². The quantitative estimate of drug-likeness (QED) is 0.896. The first-order valence-electron chi connectivity index (χ1n) is 7.55. The van der Waals surface area contributed by atoms with E-state index in [1.165, 1.54) is 0 Å². The summed E-state index contributed by atoms with van der Waals surface area (Å²) in [6, 6.07) is 3.55. The van der Waals surface area contributed by atoms with Gasteiger partial charge >= 0.3 is 0 Å². The van der Waals surface area contributed by atoms with Crippen molar-refractivity contribution in [3.63, 3.8) is 0 Å². The second-order valence-corrected chi connectivity index (χ2v) is 5.86. The van der Waals surface area contributed by atoms with E-state index in [0.717, 1.165) is 36.7 Å². The number of imidazole rings is 1. The maximum Gasteiger partial charge on any atom is 0.253 e. The van der Waals surface area contributed by atoms with Crippen LogP contribution < -0.4 is 5.32 Å². The molecule has 0 radical (unpaired) electrons. The highest BCUT2D eigenvalue weighted by Gasteiger charge is 2.23. The molecule has 0 bridgehead atoms. The number of H-pyrrole nitrogens is 1. The minimum Gasteiger partial charge on any atom is -0.346 e. The van der Waals surface area contributed by atoms with Crippen molar-refractivity contribution in [2.24, 2.45) is 0 Å². The summed E-state index contributed by atoms with van der Waals surface area (Å²) in [5.74, 6) is 1.38. The Kier molecular flexibility index (Phi) is 4.20. The van der Waals surface area contributed by atoms with Gasteiger partial charge in [-0.05, 0) is 39.1 Å². The van der Waals surface area contributed by atoms with E-state index in [1.807, 2.05) is 13.1 Å². The number of likely N-dealkylation sites (N-methyl/N-ethyl adjacent to an activating group) is 1. The number of carbonyl (C=O) groups is 1. The first kappa shape index (κ1) is 14.7. The minimum atomic E-state index is -0.109. The highest BCUT2D eigenvalue weighted by atomic mass is 16.1. The summed E-state index contributed by atoms with van der Waals surface area (Å²) in [5.41, 5.74) is 2.28. The Labute approximate surface area is 130 Å². The second-order valence-electron chi connectivity index (χ2n) is 5.86. The number of likely N-dealkylation sites (tertiary alicyclic amines) is 1. The molecule has 1 amide bonds. The molecule has 0 spiro atoms. The van der Waals surface area contributed by atoms with Crippen LogP contribution in [0, 0.1) is 6.92 Å². The van der Waals surface area contributed by atoms with Crippen LogP contribution in [0.15, 0.2) is 24.5 Å². The summed E-state index contributed by atoms with van der Waals surface area (Å²) < 4.78 is 0. The van der Waals surface area contributed by atoms with Gasteiger partial charge in [0.1, 0.15) is 5.82 Å². The smallest absolute Gasteiger partial charge is 0.253 e. The predicted octanol–water partition coefficient (Wildman–Crippen LogP) is 1.46. The summed E-state index contributed by atoms with van der Waals surface area (Å²) in [4.78, 5) is 26.4. The molecule has 1 aliphatic heterocycles. The molecule has 2 aromatic rings. The molecular weight excluding hydrogens is 278 g/mol. The summed E-state index contributed by atoms with van der Waals surface area (Å²) in [7, 11) is 2.13. The number of aryl methyl sites for hydroxylation is 1. The summed E-state index contributed by atoms with van der Waals surface area (Å²) in [6.07, 6.45) is 4.63. The SMILES string of the molecule is Cc1ncccc1C(=O)NCc1cnc([C@@H]2CCN(C)C2)[nH]1. The molecule has 0 unspecified atom stereocenters. The molecule has 22 heavy (non-hydrogen) atoms. The summed E-state index contributed by atoms with van der Waals surface area (Å²) >= 11 is 0. The Bertz CT molecular complexity index is 666. The second kappa shape index (κ2) is 6.27. The van der Waals surface area contributed by atoms with Crippen LogP contribution >= 0.6 is 0 Å². The molecule has 6 nitrogen and oxygen atoms in total. The van der Waals surface area contributed by atoms with E-state index in [0.29, 0.717) is 18.0 Å². The molecule has 0 aromatic carbocycles. The molecule has 0 saturated carbocycles. The average molecular weight is 299 g/mol. The molecule has 1 atom stereocenters. The number of carbonyl (C=O) groups excluding carboxylic acids is 1. The lowest BCUT2D eigenvalue weighted by Gasteiger charge is -2.07. The Morgan fingerprint density at radius 3 is 3.09 bits per heavy atom. The maximum atomic E-state index is 12.2. The Balaban J connectivity index is 1.59. The molecule has 3 heterocycles. The predicted molar refractivity (Wildman–Crippen MR) is 83.6 cm³/mol. The Morgan fingerprint density at radius 1 is 1.50 bits per heavy atom. The van der Waals surface area contributed by atoms with E-state index in [-0.39, 0.29) is 5.91 Å². The third kappa shape index (κ3) is 3.17. The molecule has 2 aromatic heterocycles. The van der Waals surface area contributed by atoms with Gasteiger partial charge < -0.3 is 15.2 Å². The van der Waals surface area contributed by atoms with E-state index < -0.39 is 0 Å². The van der Waals surface area contributed by atoms with Gasteiger partial charge in [0.05, 0.1) is 24.0 Å². The van der Waals surface area contributed by atoms with Crippen molar-refractivity contribution in [1.82, 2.24) is 25.2 Å². The van der Waals surface area contributed by atoms with Crippen molar-refractivity contribution in [3.8, 4) is 0 Å². The van der Waals surface area contributed by atoms with Crippen LogP contribution in [0.1, 0.15) is 39.9 Å².